The fraction of sp³-hybridized carbons (Fsp3) is 0.357. The van der Waals surface area contributed by atoms with E-state index in [1.807, 2.05) is 19.9 Å². The highest BCUT2D eigenvalue weighted by Gasteiger charge is 2.22. The zero-order valence-electron chi connectivity index (χ0n) is 11.9. The monoisotopic (exact) mass is 293 g/mol. The van der Waals surface area contributed by atoms with Crippen LogP contribution in [0.25, 0.3) is 0 Å². The number of carbonyl (C=O) groups excluding carboxylic acids is 2. The van der Waals surface area contributed by atoms with Crippen LogP contribution >= 0.6 is 0 Å². The molecule has 3 amide bonds. The molecule has 0 spiro atoms. The van der Waals surface area contributed by atoms with Gasteiger partial charge in [-0.15, -0.1) is 0 Å². The summed E-state index contributed by atoms with van der Waals surface area (Å²) in [6, 6.07) is 5.16. The number of nitrogens with one attached hydrogen (secondary N) is 2. The van der Waals surface area contributed by atoms with E-state index >= 15 is 0 Å². The molecule has 1 aromatic rings. The zero-order chi connectivity index (χ0) is 16.0. The molecule has 0 radical (unpaired) electrons. The van der Waals surface area contributed by atoms with Crippen molar-refractivity contribution in [3.8, 4) is 0 Å². The molecule has 0 aliphatic rings. The highest BCUT2D eigenvalue weighted by Crippen LogP contribution is 2.18. The van der Waals surface area contributed by atoms with Gasteiger partial charge in [-0.25, -0.2) is 9.59 Å². The van der Waals surface area contributed by atoms with Crippen molar-refractivity contribution in [2.75, 3.05) is 5.32 Å². The lowest BCUT2D eigenvalue weighted by Crippen LogP contribution is -2.45. The summed E-state index contributed by atoms with van der Waals surface area (Å²) in [6.07, 6.45) is -0.464. The van der Waals surface area contributed by atoms with Gasteiger partial charge in [0.05, 0.1) is 6.42 Å². The second kappa shape index (κ2) is 7.28. The summed E-state index contributed by atoms with van der Waals surface area (Å²) in [7, 11) is 0. The lowest BCUT2D eigenvalue weighted by atomic mass is 10.0. The average Bonchev–Trinajstić information content (AvgIpc) is 2.37. The minimum absolute atomic E-state index is 0.302. The fourth-order valence-electron chi connectivity index (χ4n) is 1.70. The molecule has 0 saturated heterocycles. The Kier molecular flexibility index (Phi) is 5.71. The number of primary amides is 1. The van der Waals surface area contributed by atoms with Crippen LogP contribution in [-0.4, -0.2) is 29.1 Å². The number of amides is 3. The van der Waals surface area contributed by atoms with Gasteiger partial charge in [0.2, 0.25) is 5.91 Å². The molecule has 0 heterocycles. The largest absolute Gasteiger partial charge is 0.480 e. The van der Waals surface area contributed by atoms with E-state index in [4.69, 9.17) is 10.8 Å². The number of carboxylic acids is 1. The molecule has 7 heteroatoms. The number of nitrogens with two attached hydrogens (primary N) is 1. The summed E-state index contributed by atoms with van der Waals surface area (Å²) in [5.41, 5.74) is 6.52. The lowest BCUT2D eigenvalue weighted by Gasteiger charge is -2.14. The van der Waals surface area contributed by atoms with Gasteiger partial charge < -0.3 is 21.5 Å². The van der Waals surface area contributed by atoms with E-state index in [0.29, 0.717) is 11.6 Å². The molecule has 114 valence electrons. The first-order valence-electron chi connectivity index (χ1n) is 6.48. The predicted octanol–water partition coefficient (Wildman–Crippen LogP) is 1.26. The van der Waals surface area contributed by atoms with Crippen LogP contribution in [0.5, 0.6) is 0 Å². The Morgan fingerprint density at radius 1 is 1.29 bits per heavy atom. The molecule has 5 N–H and O–H groups in total. The molecule has 0 aromatic heterocycles. The molecule has 0 fully saturated rings. The highest BCUT2D eigenvalue weighted by atomic mass is 16.4. The lowest BCUT2D eigenvalue weighted by molar-refractivity contribution is -0.140. The maximum Gasteiger partial charge on any atom is 0.326 e. The first-order valence-corrected chi connectivity index (χ1v) is 6.48. The molecule has 0 aliphatic heterocycles. The molecular formula is C14H19N3O4. The van der Waals surface area contributed by atoms with Crippen LogP contribution in [0.15, 0.2) is 24.3 Å². The molecule has 21 heavy (non-hydrogen) atoms. The first kappa shape index (κ1) is 16.5. The topological polar surface area (TPSA) is 122 Å². The Hall–Kier alpha value is -2.57. The number of anilines is 1. The number of urea groups is 1. The normalized spacial score (nSPS) is 11.8. The van der Waals surface area contributed by atoms with Gasteiger partial charge in [-0.3, -0.25) is 4.79 Å². The van der Waals surface area contributed by atoms with Crippen molar-refractivity contribution in [3.05, 3.63) is 29.8 Å². The Labute approximate surface area is 122 Å². The maximum absolute atomic E-state index is 11.8. The van der Waals surface area contributed by atoms with Crippen LogP contribution in [0.3, 0.4) is 0 Å². The molecule has 0 bridgehead atoms. The number of hydrogen-bond acceptors (Lipinski definition) is 3. The fourth-order valence-corrected chi connectivity index (χ4v) is 1.70. The van der Waals surface area contributed by atoms with E-state index in [9.17, 15) is 14.4 Å². The van der Waals surface area contributed by atoms with Crippen molar-refractivity contribution < 1.29 is 19.5 Å². The SMILES string of the molecule is CC(C)c1cccc(NC(=O)N[C@@H](CC(N)=O)C(=O)O)c1. The van der Waals surface area contributed by atoms with Crippen LogP contribution in [0.2, 0.25) is 0 Å². The molecule has 0 saturated carbocycles. The molecule has 1 aromatic carbocycles. The van der Waals surface area contributed by atoms with Crippen molar-refractivity contribution in [2.45, 2.75) is 32.2 Å². The van der Waals surface area contributed by atoms with Crippen LogP contribution < -0.4 is 16.4 Å². The third kappa shape index (κ3) is 5.52. The van der Waals surface area contributed by atoms with E-state index in [1.54, 1.807) is 18.2 Å². The number of carbonyl (C=O) groups is 3. The quantitative estimate of drug-likeness (QED) is 0.630. The average molecular weight is 293 g/mol. The molecule has 7 nitrogen and oxygen atoms in total. The van der Waals surface area contributed by atoms with Gasteiger partial charge in [0.1, 0.15) is 6.04 Å². The van der Waals surface area contributed by atoms with E-state index in [0.717, 1.165) is 5.56 Å². The number of benzene rings is 1. The summed E-state index contributed by atoms with van der Waals surface area (Å²) in [6.45, 7) is 4.04. The summed E-state index contributed by atoms with van der Waals surface area (Å²) in [5, 5.41) is 13.6. The van der Waals surface area contributed by atoms with E-state index < -0.39 is 30.4 Å². The Balaban J connectivity index is 2.69. The first-order chi connectivity index (χ1) is 9.79. The van der Waals surface area contributed by atoms with Gasteiger partial charge in [-0.2, -0.15) is 0 Å². The molecule has 1 atom stereocenters. The number of carboxylic acid groups (broad SMARTS) is 1. The Bertz CT molecular complexity index is 543. The number of rotatable bonds is 6. The van der Waals surface area contributed by atoms with Crippen LogP contribution in [0.4, 0.5) is 10.5 Å². The van der Waals surface area contributed by atoms with Crippen molar-refractivity contribution in [3.63, 3.8) is 0 Å². The minimum Gasteiger partial charge on any atom is -0.480 e. The smallest absolute Gasteiger partial charge is 0.326 e. The summed E-state index contributed by atoms with van der Waals surface area (Å²) >= 11 is 0. The van der Waals surface area contributed by atoms with E-state index in [1.165, 1.54) is 0 Å². The van der Waals surface area contributed by atoms with Crippen LogP contribution in [0, 0.1) is 0 Å². The number of aliphatic carboxylic acids is 1. The summed E-state index contributed by atoms with van der Waals surface area (Å²) in [5.74, 6) is -1.82. The van der Waals surface area contributed by atoms with Gasteiger partial charge >= 0.3 is 12.0 Å². The summed E-state index contributed by atoms with van der Waals surface area (Å²) in [4.78, 5) is 33.4. The van der Waals surface area contributed by atoms with E-state index in [-0.39, 0.29) is 0 Å². The van der Waals surface area contributed by atoms with Crippen molar-refractivity contribution in [2.24, 2.45) is 5.73 Å². The molecular weight excluding hydrogens is 274 g/mol. The molecule has 0 unspecified atom stereocenters. The van der Waals surface area contributed by atoms with Crippen LogP contribution in [0.1, 0.15) is 31.7 Å². The van der Waals surface area contributed by atoms with Crippen molar-refractivity contribution in [1.29, 1.82) is 0 Å². The zero-order valence-corrected chi connectivity index (χ0v) is 11.9. The Morgan fingerprint density at radius 2 is 1.95 bits per heavy atom. The second-order valence-electron chi connectivity index (χ2n) is 4.94. The predicted molar refractivity (Wildman–Crippen MR) is 77.9 cm³/mol. The molecule has 0 aliphatic carbocycles. The van der Waals surface area contributed by atoms with Gasteiger partial charge in [-0.05, 0) is 23.6 Å². The second-order valence-corrected chi connectivity index (χ2v) is 4.94. The van der Waals surface area contributed by atoms with Gasteiger partial charge in [-0.1, -0.05) is 26.0 Å². The van der Waals surface area contributed by atoms with Gasteiger partial charge in [0.25, 0.3) is 0 Å². The van der Waals surface area contributed by atoms with Crippen LogP contribution in [-0.2, 0) is 9.59 Å². The minimum atomic E-state index is -1.35. The summed E-state index contributed by atoms with van der Waals surface area (Å²) < 4.78 is 0. The van der Waals surface area contributed by atoms with Gasteiger partial charge in [0, 0.05) is 5.69 Å². The maximum atomic E-state index is 11.8. The third-order valence-corrected chi connectivity index (χ3v) is 2.82. The number of hydrogen-bond donors (Lipinski definition) is 4. The van der Waals surface area contributed by atoms with Gasteiger partial charge in [0.15, 0.2) is 0 Å². The van der Waals surface area contributed by atoms with E-state index in [2.05, 4.69) is 10.6 Å². The standard InChI is InChI=1S/C14H19N3O4/c1-8(2)9-4-3-5-10(6-9)16-14(21)17-11(13(19)20)7-12(15)18/h3-6,8,11H,7H2,1-2H3,(H2,15,18)(H,19,20)(H2,16,17,21)/t11-/m0/s1. The highest BCUT2D eigenvalue weighted by molar-refractivity contribution is 5.93. The molecule has 1 rings (SSSR count). The van der Waals surface area contributed by atoms with Crippen molar-refractivity contribution >= 4 is 23.6 Å². The van der Waals surface area contributed by atoms with Crippen molar-refractivity contribution in [1.82, 2.24) is 5.32 Å². The third-order valence-electron chi connectivity index (χ3n) is 2.82. The Morgan fingerprint density at radius 3 is 2.48 bits per heavy atom.